The molecule has 4 nitrogen and oxygen atoms in total. The van der Waals surface area contributed by atoms with Gasteiger partial charge in [-0.25, -0.2) is 0 Å². The van der Waals surface area contributed by atoms with Gasteiger partial charge in [0.05, 0.1) is 12.6 Å². The van der Waals surface area contributed by atoms with Crippen molar-refractivity contribution in [1.29, 1.82) is 0 Å². The minimum absolute atomic E-state index is 0.000486. The lowest BCUT2D eigenvalue weighted by Crippen LogP contribution is -2.39. The Labute approximate surface area is 147 Å². The van der Waals surface area contributed by atoms with Crippen LogP contribution in [0.25, 0.3) is 0 Å². The average Bonchev–Trinajstić information content (AvgIpc) is 3.27. The first-order valence-corrected chi connectivity index (χ1v) is 9.20. The van der Waals surface area contributed by atoms with Gasteiger partial charge < -0.3 is 14.4 Å². The highest BCUT2D eigenvalue weighted by Gasteiger charge is 2.23. The predicted molar refractivity (Wildman–Crippen MR) is 95.4 cm³/mol. The van der Waals surface area contributed by atoms with Gasteiger partial charge in [-0.2, -0.15) is 0 Å². The largest absolute Gasteiger partial charge is 0.484 e. The Morgan fingerprint density at radius 3 is 2.83 bits per heavy atom. The SMILES string of the molecule is Cc1ccc(OCC(=O)N(Cc2cccs2)CC2CCCO2)cc1. The molecule has 1 atom stereocenters. The fourth-order valence-electron chi connectivity index (χ4n) is 2.75. The Bertz CT molecular complexity index is 633. The highest BCUT2D eigenvalue weighted by atomic mass is 32.1. The fourth-order valence-corrected chi connectivity index (χ4v) is 3.47. The van der Waals surface area contributed by atoms with Gasteiger partial charge in [-0.1, -0.05) is 23.8 Å². The van der Waals surface area contributed by atoms with E-state index in [0.717, 1.165) is 25.2 Å². The summed E-state index contributed by atoms with van der Waals surface area (Å²) in [6.45, 7) is 4.13. The maximum atomic E-state index is 12.6. The third kappa shape index (κ3) is 4.82. The van der Waals surface area contributed by atoms with Gasteiger partial charge in [0.1, 0.15) is 5.75 Å². The second-order valence-corrected chi connectivity index (χ2v) is 7.12. The highest BCUT2D eigenvalue weighted by Crippen LogP contribution is 2.18. The molecule has 2 heterocycles. The molecule has 2 aromatic rings. The number of ether oxygens (including phenoxy) is 2. The van der Waals surface area contributed by atoms with Gasteiger partial charge in [-0.15, -0.1) is 11.3 Å². The molecule has 5 heteroatoms. The number of thiophene rings is 1. The molecule has 0 spiro atoms. The summed E-state index contributed by atoms with van der Waals surface area (Å²) < 4.78 is 11.4. The molecule has 128 valence electrons. The van der Waals surface area contributed by atoms with Crippen LogP contribution in [0.1, 0.15) is 23.3 Å². The van der Waals surface area contributed by atoms with Crippen LogP contribution in [0.15, 0.2) is 41.8 Å². The summed E-state index contributed by atoms with van der Waals surface area (Å²) in [6.07, 6.45) is 2.24. The Morgan fingerprint density at radius 2 is 2.17 bits per heavy atom. The van der Waals surface area contributed by atoms with Gasteiger partial charge in [0, 0.05) is 18.0 Å². The monoisotopic (exact) mass is 345 g/mol. The van der Waals surface area contributed by atoms with E-state index in [-0.39, 0.29) is 18.6 Å². The maximum absolute atomic E-state index is 12.6. The zero-order chi connectivity index (χ0) is 16.8. The minimum atomic E-state index is -0.000486. The molecule has 1 amide bonds. The summed E-state index contributed by atoms with van der Waals surface area (Å²) in [5.41, 5.74) is 1.17. The van der Waals surface area contributed by atoms with Gasteiger partial charge in [0.25, 0.3) is 5.91 Å². The molecule has 0 saturated carbocycles. The normalized spacial score (nSPS) is 17.0. The average molecular weight is 345 g/mol. The summed E-state index contributed by atoms with van der Waals surface area (Å²) in [5, 5.41) is 2.03. The minimum Gasteiger partial charge on any atom is -0.484 e. The zero-order valence-electron chi connectivity index (χ0n) is 13.9. The third-order valence-electron chi connectivity index (χ3n) is 4.11. The predicted octanol–water partition coefficient (Wildman–Crippen LogP) is 3.64. The van der Waals surface area contributed by atoms with Gasteiger partial charge in [-0.05, 0) is 43.3 Å². The van der Waals surface area contributed by atoms with Crippen LogP contribution < -0.4 is 4.74 Å². The van der Waals surface area contributed by atoms with Crippen LogP contribution in [0.5, 0.6) is 5.75 Å². The van der Waals surface area contributed by atoms with Crippen LogP contribution in [0.4, 0.5) is 0 Å². The molecule has 3 rings (SSSR count). The first-order valence-electron chi connectivity index (χ1n) is 8.32. The molecule has 0 aliphatic carbocycles. The number of rotatable bonds is 7. The van der Waals surface area contributed by atoms with E-state index < -0.39 is 0 Å². The van der Waals surface area contributed by atoms with Crippen molar-refractivity contribution >= 4 is 17.2 Å². The Kier molecular flexibility index (Phi) is 5.88. The second kappa shape index (κ2) is 8.31. The first-order chi connectivity index (χ1) is 11.7. The molecule has 24 heavy (non-hydrogen) atoms. The summed E-state index contributed by atoms with van der Waals surface area (Å²) in [7, 11) is 0. The lowest BCUT2D eigenvalue weighted by atomic mass is 10.2. The number of carbonyl (C=O) groups is 1. The van der Waals surface area contributed by atoms with Crippen LogP contribution in [0.2, 0.25) is 0 Å². The summed E-state index contributed by atoms with van der Waals surface area (Å²) >= 11 is 1.67. The van der Waals surface area contributed by atoms with Crippen LogP contribution in [-0.2, 0) is 16.1 Å². The van der Waals surface area contributed by atoms with Crippen molar-refractivity contribution in [2.75, 3.05) is 19.8 Å². The number of nitrogens with zero attached hydrogens (tertiary/aromatic N) is 1. The third-order valence-corrected chi connectivity index (χ3v) is 4.97. The van der Waals surface area contributed by atoms with E-state index in [1.807, 2.05) is 47.5 Å². The second-order valence-electron chi connectivity index (χ2n) is 6.09. The quantitative estimate of drug-likeness (QED) is 0.769. The van der Waals surface area contributed by atoms with Crippen LogP contribution >= 0.6 is 11.3 Å². The number of hydrogen-bond acceptors (Lipinski definition) is 4. The van der Waals surface area contributed by atoms with Crippen molar-refractivity contribution in [3.63, 3.8) is 0 Å². The van der Waals surface area contributed by atoms with E-state index in [4.69, 9.17) is 9.47 Å². The fraction of sp³-hybridized carbons (Fsp3) is 0.421. The molecule has 1 unspecified atom stereocenters. The number of benzene rings is 1. The summed E-state index contributed by atoms with van der Waals surface area (Å²) in [5.74, 6) is 0.724. The molecule has 1 aromatic heterocycles. The number of hydrogen-bond donors (Lipinski definition) is 0. The van der Waals surface area contributed by atoms with Crippen LogP contribution in [0, 0.1) is 6.92 Å². The topological polar surface area (TPSA) is 38.8 Å². The standard InChI is InChI=1S/C19H23NO3S/c1-15-6-8-16(9-7-15)23-14-19(21)20(12-17-4-2-10-22-17)13-18-5-3-11-24-18/h3,5-9,11,17H,2,4,10,12-14H2,1H3. The number of carbonyl (C=O) groups excluding carboxylic acids is 1. The smallest absolute Gasteiger partial charge is 0.260 e. The summed E-state index contributed by atoms with van der Waals surface area (Å²) in [4.78, 5) is 15.7. The Hall–Kier alpha value is -1.85. The number of amides is 1. The van der Waals surface area contributed by atoms with Crippen molar-refractivity contribution in [3.05, 3.63) is 52.2 Å². The highest BCUT2D eigenvalue weighted by molar-refractivity contribution is 7.09. The zero-order valence-corrected chi connectivity index (χ0v) is 14.8. The van der Waals surface area contributed by atoms with E-state index in [9.17, 15) is 4.79 Å². The van der Waals surface area contributed by atoms with Crippen LogP contribution in [0.3, 0.4) is 0 Å². The van der Waals surface area contributed by atoms with Crippen molar-refractivity contribution in [3.8, 4) is 5.75 Å². The molecule has 1 fully saturated rings. The molecule has 0 bridgehead atoms. The van der Waals surface area contributed by atoms with E-state index in [2.05, 4.69) is 6.07 Å². The molecule has 1 aliphatic heterocycles. The van der Waals surface area contributed by atoms with Crippen molar-refractivity contribution in [2.24, 2.45) is 0 Å². The van der Waals surface area contributed by atoms with Gasteiger partial charge in [0.15, 0.2) is 6.61 Å². The van der Waals surface area contributed by atoms with E-state index >= 15 is 0 Å². The van der Waals surface area contributed by atoms with E-state index in [0.29, 0.717) is 13.1 Å². The molecular formula is C19H23NO3S. The number of aryl methyl sites for hydroxylation is 1. The van der Waals surface area contributed by atoms with Crippen molar-refractivity contribution in [2.45, 2.75) is 32.4 Å². The molecule has 1 aliphatic rings. The Morgan fingerprint density at radius 1 is 1.33 bits per heavy atom. The maximum Gasteiger partial charge on any atom is 0.260 e. The van der Waals surface area contributed by atoms with Gasteiger partial charge in [-0.3, -0.25) is 4.79 Å². The molecule has 1 saturated heterocycles. The van der Waals surface area contributed by atoms with Crippen molar-refractivity contribution < 1.29 is 14.3 Å². The Balaban J connectivity index is 1.59. The summed E-state index contributed by atoms with van der Waals surface area (Å²) in [6, 6.07) is 11.8. The molecule has 0 radical (unpaired) electrons. The molecular weight excluding hydrogens is 322 g/mol. The van der Waals surface area contributed by atoms with E-state index in [1.165, 1.54) is 10.4 Å². The molecule has 0 N–H and O–H groups in total. The first kappa shape index (κ1) is 17.0. The van der Waals surface area contributed by atoms with E-state index in [1.54, 1.807) is 11.3 Å². The molecule has 1 aromatic carbocycles. The van der Waals surface area contributed by atoms with Gasteiger partial charge in [0.2, 0.25) is 0 Å². The van der Waals surface area contributed by atoms with Crippen LogP contribution in [-0.4, -0.2) is 36.7 Å². The lowest BCUT2D eigenvalue weighted by molar-refractivity contribution is -0.135. The van der Waals surface area contributed by atoms with Crippen molar-refractivity contribution in [1.82, 2.24) is 4.90 Å². The lowest BCUT2D eigenvalue weighted by Gasteiger charge is -2.25. The van der Waals surface area contributed by atoms with Gasteiger partial charge >= 0.3 is 0 Å².